The lowest BCUT2D eigenvalue weighted by Crippen LogP contribution is -2.43. The molecule has 8 nitrogen and oxygen atoms in total. The van der Waals surface area contributed by atoms with E-state index in [-0.39, 0.29) is 0 Å². The molecule has 0 aliphatic heterocycles. The number of hydrogen-bond acceptors (Lipinski definition) is 8. The fourth-order valence-corrected chi connectivity index (χ4v) is 4.04. The van der Waals surface area contributed by atoms with Crippen LogP contribution in [0.15, 0.2) is 24.5 Å². The van der Waals surface area contributed by atoms with Gasteiger partial charge in [0.25, 0.3) is 0 Å². The maximum Gasteiger partial charge on any atom is 0.223 e. The van der Waals surface area contributed by atoms with Gasteiger partial charge in [-0.15, -0.1) is 5.10 Å². The Morgan fingerprint density at radius 3 is 2.70 bits per heavy atom. The molecule has 0 saturated heterocycles. The maximum atomic E-state index is 5.22. The summed E-state index contributed by atoms with van der Waals surface area (Å²) in [7, 11) is 1.75. The highest BCUT2D eigenvalue weighted by Gasteiger charge is 2.23. The highest BCUT2D eigenvalue weighted by molar-refractivity contribution is 5.62. The Labute approximate surface area is 178 Å². The minimum atomic E-state index is 0.391. The monoisotopic (exact) mass is 411 g/mol. The van der Waals surface area contributed by atoms with Crippen LogP contribution < -0.4 is 16.0 Å². The Morgan fingerprint density at radius 1 is 1.13 bits per heavy atom. The standard InChI is InChI=1S/C22H33N7O/c1-15(14-30-2)26-18-5-7-19(8-6-18)27-22-23-10-9-20(28-22)17-11-21(29-25-13-17)24-12-16-3-4-16/h9-11,13,15-16,18-19,26H,3-8,12,14H2,1-2H3,(H,24,29)(H,23,27,28)/t15-,18?,19?/m1/s1. The smallest absolute Gasteiger partial charge is 0.223 e. The van der Waals surface area contributed by atoms with Crippen LogP contribution in [0, 0.1) is 5.92 Å². The van der Waals surface area contributed by atoms with Crippen LogP contribution in [0.1, 0.15) is 45.4 Å². The zero-order valence-electron chi connectivity index (χ0n) is 18.0. The van der Waals surface area contributed by atoms with Crippen molar-refractivity contribution in [2.45, 2.75) is 63.6 Å². The second-order valence-corrected chi connectivity index (χ2v) is 8.64. The molecule has 1 atom stereocenters. The molecule has 8 heteroatoms. The van der Waals surface area contributed by atoms with Gasteiger partial charge in [-0.3, -0.25) is 0 Å². The predicted molar refractivity (Wildman–Crippen MR) is 118 cm³/mol. The molecule has 0 radical (unpaired) electrons. The van der Waals surface area contributed by atoms with E-state index in [0.29, 0.717) is 24.1 Å². The number of aromatic nitrogens is 4. The normalized spacial score (nSPS) is 22.5. The van der Waals surface area contributed by atoms with E-state index in [1.54, 1.807) is 13.3 Å². The van der Waals surface area contributed by atoms with Gasteiger partial charge in [0, 0.05) is 43.5 Å². The number of nitrogens with zero attached hydrogens (tertiary/aromatic N) is 4. The molecule has 2 fully saturated rings. The largest absolute Gasteiger partial charge is 0.383 e. The van der Waals surface area contributed by atoms with Gasteiger partial charge in [0.1, 0.15) is 5.82 Å². The second kappa shape index (κ2) is 10.1. The van der Waals surface area contributed by atoms with Gasteiger partial charge in [-0.2, -0.15) is 5.10 Å². The van der Waals surface area contributed by atoms with E-state index in [4.69, 9.17) is 9.72 Å². The van der Waals surface area contributed by atoms with Crippen molar-refractivity contribution in [2.75, 3.05) is 30.9 Å². The van der Waals surface area contributed by atoms with Crippen molar-refractivity contribution in [3.05, 3.63) is 24.5 Å². The van der Waals surface area contributed by atoms with Crippen LogP contribution in [-0.2, 0) is 4.74 Å². The van der Waals surface area contributed by atoms with E-state index in [0.717, 1.165) is 61.8 Å². The zero-order chi connectivity index (χ0) is 20.8. The van der Waals surface area contributed by atoms with Gasteiger partial charge < -0.3 is 20.7 Å². The number of anilines is 2. The summed E-state index contributed by atoms with van der Waals surface area (Å²) in [6.45, 7) is 3.89. The van der Waals surface area contributed by atoms with Crippen LogP contribution in [-0.4, -0.2) is 58.6 Å². The topological polar surface area (TPSA) is 96.9 Å². The molecule has 30 heavy (non-hydrogen) atoms. The van der Waals surface area contributed by atoms with Crippen molar-refractivity contribution in [1.29, 1.82) is 0 Å². The Morgan fingerprint density at radius 2 is 1.93 bits per heavy atom. The van der Waals surface area contributed by atoms with E-state index < -0.39 is 0 Å². The molecule has 162 valence electrons. The van der Waals surface area contributed by atoms with Crippen molar-refractivity contribution in [1.82, 2.24) is 25.5 Å². The predicted octanol–water partition coefficient (Wildman–Crippen LogP) is 3.10. The minimum Gasteiger partial charge on any atom is -0.383 e. The first-order valence-electron chi connectivity index (χ1n) is 11.1. The molecule has 2 saturated carbocycles. The van der Waals surface area contributed by atoms with E-state index in [1.165, 1.54) is 12.8 Å². The van der Waals surface area contributed by atoms with Crippen LogP contribution in [0.25, 0.3) is 11.3 Å². The van der Waals surface area contributed by atoms with E-state index >= 15 is 0 Å². The summed E-state index contributed by atoms with van der Waals surface area (Å²) < 4.78 is 5.22. The van der Waals surface area contributed by atoms with Crippen LogP contribution in [0.3, 0.4) is 0 Å². The van der Waals surface area contributed by atoms with E-state index in [2.05, 4.69) is 38.1 Å². The summed E-state index contributed by atoms with van der Waals surface area (Å²) in [4.78, 5) is 9.16. The Kier molecular flexibility index (Phi) is 7.07. The Hall–Kier alpha value is -2.32. The molecule has 0 amide bonds. The lowest BCUT2D eigenvalue weighted by atomic mass is 9.91. The Balaban J connectivity index is 1.31. The molecule has 4 rings (SSSR count). The Bertz CT molecular complexity index is 806. The maximum absolute atomic E-state index is 5.22. The van der Waals surface area contributed by atoms with Gasteiger partial charge in [-0.05, 0) is 63.5 Å². The average Bonchev–Trinajstić information content (AvgIpc) is 3.59. The fourth-order valence-electron chi connectivity index (χ4n) is 4.04. The molecule has 3 N–H and O–H groups in total. The van der Waals surface area contributed by atoms with Gasteiger partial charge in [-0.25, -0.2) is 9.97 Å². The van der Waals surface area contributed by atoms with Crippen molar-refractivity contribution < 1.29 is 4.74 Å². The van der Waals surface area contributed by atoms with Crippen molar-refractivity contribution in [3.63, 3.8) is 0 Å². The van der Waals surface area contributed by atoms with Gasteiger partial charge in [0.15, 0.2) is 0 Å². The van der Waals surface area contributed by atoms with Gasteiger partial charge in [-0.1, -0.05) is 0 Å². The second-order valence-electron chi connectivity index (χ2n) is 8.64. The van der Waals surface area contributed by atoms with Crippen LogP contribution >= 0.6 is 0 Å². The van der Waals surface area contributed by atoms with Gasteiger partial charge in [0.05, 0.1) is 18.5 Å². The SMILES string of the molecule is COC[C@@H](C)NC1CCC(Nc2nccc(-c3cnnc(NCC4CC4)c3)n2)CC1. The van der Waals surface area contributed by atoms with E-state index in [1.807, 2.05) is 18.3 Å². The lowest BCUT2D eigenvalue weighted by molar-refractivity contribution is 0.161. The van der Waals surface area contributed by atoms with E-state index in [9.17, 15) is 0 Å². The molecule has 0 unspecified atom stereocenters. The third-order valence-corrected chi connectivity index (χ3v) is 5.87. The summed E-state index contributed by atoms with van der Waals surface area (Å²) in [5, 5.41) is 18.9. The molecule has 2 heterocycles. The molecule has 2 aromatic rings. The highest BCUT2D eigenvalue weighted by atomic mass is 16.5. The van der Waals surface area contributed by atoms with Crippen molar-refractivity contribution in [2.24, 2.45) is 5.92 Å². The first-order valence-corrected chi connectivity index (χ1v) is 11.1. The molecule has 2 aliphatic rings. The number of nitrogens with one attached hydrogen (secondary N) is 3. The summed E-state index contributed by atoms with van der Waals surface area (Å²) in [6.07, 6.45) is 10.7. The number of ether oxygens (including phenoxy) is 1. The summed E-state index contributed by atoms with van der Waals surface area (Å²) in [5.41, 5.74) is 1.81. The third kappa shape index (κ3) is 6.09. The molecule has 2 aliphatic carbocycles. The van der Waals surface area contributed by atoms with Crippen LogP contribution in [0.2, 0.25) is 0 Å². The molecule has 2 aromatic heterocycles. The summed E-state index contributed by atoms with van der Waals surface area (Å²) in [5.74, 6) is 2.28. The first-order chi connectivity index (χ1) is 14.7. The fraction of sp³-hybridized carbons (Fsp3) is 0.636. The lowest BCUT2D eigenvalue weighted by Gasteiger charge is -2.31. The molecular weight excluding hydrogens is 378 g/mol. The first kappa shape index (κ1) is 20.9. The number of methoxy groups -OCH3 is 1. The average molecular weight is 412 g/mol. The number of hydrogen-bond donors (Lipinski definition) is 3. The zero-order valence-corrected chi connectivity index (χ0v) is 18.0. The van der Waals surface area contributed by atoms with Gasteiger partial charge in [0.2, 0.25) is 5.95 Å². The molecular formula is C22H33N7O. The van der Waals surface area contributed by atoms with Crippen LogP contribution in [0.4, 0.5) is 11.8 Å². The summed E-state index contributed by atoms with van der Waals surface area (Å²) >= 11 is 0. The van der Waals surface area contributed by atoms with Crippen LogP contribution in [0.5, 0.6) is 0 Å². The summed E-state index contributed by atoms with van der Waals surface area (Å²) in [6, 6.07) is 5.29. The highest BCUT2D eigenvalue weighted by Crippen LogP contribution is 2.29. The van der Waals surface area contributed by atoms with Crippen molar-refractivity contribution >= 4 is 11.8 Å². The quantitative estimate of drug-likeness (QED) is 0.549. The van der Waals surface area contributed by atoms with Gasteiger partial charge >= 0.3 is 0 Å². The molecule has 0 bridgehead atoms. The number of rotatable bonds is 10. The minimum absolute atomic E-state index is 0.391. The molecule has 0 spiro atoms. The molecule has 0 aromatic carbocycles. The van der Waals surface area contributed by atoms with Crippen molar-refractivity contribution in [3.8, 4) is 11.3 Å². The third-order valence-electron chi connectivity index (χ3n) is 5.87.